The number of hydrogen-bond donors (Lipinski definition) is 0. The molecule has 2 heterocycles. The Balaban J connectivity index is 2.05. The highest BCUT2D eigenvalue weighted by atomic mass is 19.3. The maximum Gasteiger partial charge on any atom is 0.357 e. The quantitative estimate of drug-likeness (QED) is 0.515. The Bertz CT molecular complexity index is 906. The molecular weight excluding hydrogens is 394 g/mol. The van der Waals surface area contributed by atoms with E-state index in [1.807, 2.05) is 0 Å². The molecule has 0 radical (unpaired) electrons. The third-order valence-electron chi connectivity index (χ3n) is 4.58. The van der Waals surface area contributed by atoms with Crippen molar-refractivity contribution in [2.45, 2.75) is 45.5 Å². The number of aromatic nitrogens is 1. The largest absolute Gasteiger partial charge is 0.471 e. The zero-order valence-corrected chi connectivity index (χ0v) is 15.8. The molecular formula is C20H19F4NO4. The molecule has 0 fully saturated rings. The van der Waals surface area contributed by atoms with Gasteiger partial charge in [0, 0.05) is 17.2 Å². The van der Waals surface area contributed by atoms with Crippen LogP contribution in [0.1, 0.15) is 36.3 Å². The number of alkyl halides is 2. The van der Waals surface area contributed by atoms with Crippen LogP contribution in [0.5, 0.6) is 5.88 Å². The molecule has 0 saturated heterocycles. The molecule has 0 bridgehead atoms. The van der Waals surface area contributed by atoms with Gasteiger partial charge in [0.15, 0.2) is 5.69 Å². The van der Waals surface area contributed by atoms with E-state index in [9.17, 15) is 22.4 Å². The van der Waals surface area contributed by atoms with Crippen LogP contribution >= 0.6 is 0 Å². The molecule has 9 heteroatoms. The van der Waals surface area contributed by atoms with E-state index in [0.29, 0.717) is 24.0 Å². The lowest BCUT2D eigenvalue weighted by atomic mass is 9.93. The second kappa shape index (κ2) is 8.77. The number of rotatable bonds is 6. The van der Waals surface area contributed by atoms with Crippen molar-refractivity contribution >= 4 is 5.97 Å². The molecule has 1 aromatic carbocycles. The van der Waals surface area contributed by atoms with Crippen molar-refractivity contribution in [2.24, 2.45) is 0 Å². The smallest absolute Gasteiger partial charge is 0.357 e. The Morgan fingerprint density at radius 2 is 2.03 bits per heavy atom. The van der Waals surface area contributed by atoms with Crippen molar-refractivity contribution in [3.05, 3.63) is 47.2 Å². The maximum absolute atomic E-state index is 14.4. The number of ether oxygens (including phenoxy) is 3. The number of esters is 1. The number of nitrogens with zero attached hydrogens (tertiary/aromatic N) is 1. The summed E-state index contributed by atoms with van der Waals surface area (Å²) in [6, 6.07) is 4.44. The van der Waals surface area contributed by atoms with Crippen LogP contribution in [-0.4, -0.2) is 36.4 Å². The number of carbonyl (C=O) groups excluding carboxylic acids is 1. The molecule has 0 spiro atoms. The topological polar surface area (TPSA) is 57.7 Å². The number of halogens is 4. The molecule has 29 heavy (non-hydrogen) atoms. The van der Waals surface area contributed by atoms with Gasteiger partial charge in [-0.3, -0.25) is 0 Å². The van der Waals surface area contributed by atoms with Crippen LogP contribution < -0.4 is 4.74 Å². The van der Waals surface area contributed by atoms with E-state index in [2.05, 4.69) is 9.72 Å². The normalized spacial score (nSPS) is 16.9. The standard InChI is InChI=1S/C20H19F4NO4/c1-3-27-19(26)16-9-14(12-5-4-11(21)8-15(12)22)13-6-7-17(29-18(13)25-16)10(2)28-20(23)24/h4-5,8-10,17,20H,3,6-7H2,1-2H3/t10-,17-/m0/s1. The molecule has 2 aromatic rings. The molecule has 0 saturated carbocycles. The first-order chi connectivity index (χ1) is 13.8. The predicted molar refractivity (Wildman–Crippen MR) is 94.8 cm³/mol. The third-order valence-corrected chi connectivity index (χ3v) is 4.58. The summed E-state index contributed by atoms with van der Waals surface area (Å²) in [5, 5.41) is 0. The number of hydrogen-bond acceptors (Lipinski definition) is 5. The molecule has 0 aliphatic carbocycles. The van der Waals surface area contributed by atoms with Crippen molar-refractivity contribution < 1.29 is 36.6 Å². The monoisotopic (exact) mass is 413 g/mol. The van der Waals surface area contributed by atoms with E-state index in [1.165, 1.54) is 19.1 Å². The number of carbonyl (C=O) groups is 1. The van der Waals surface area contributed by atoms with Gasteiger partial charge < -0.3 is 14.2 Å². The van der Waals surface area contributed by atoms with Gasteiger partial charge >= 0.3 is 12.6 Å². The van der Waals surface area contributed by atoms with Crippen LogP contribution in [0.3, 0.4) is 0 Å². The van der Waals surface area contributed by atoms with Gasteiger partial charge in [-0.2, -0.15) is 8.78 Å². The zero-order valence-electron chi connectivity index (χ0n) is 15.8. The lowest BCUT2D eigenvalue weighted by molar-refractivity contribution is -0.180. The minimum Gasteiger partial charge on any atom is -0.471 e. The van der Waals surface area contributed by atoms with Crippen LogP contribution in [0, 0.1) is 11.6 Å². The molecule has 0 N–H and O–H groups in total. The summed E-state index contributed by atoms with van der Waals surface area (Å²) in [6.45, 7) is 0.197. The molecule has 5 nitrogen and oxygen atoms in total. The van der Waals surface area contributed by atoms with Gasteiger partial charge in [0.1, 0.15) is 17.7 Å². The predicted octanol–water partition coefficient (Wildman–Crippen LogP) is 4.52. The van der Waals surface area contributed by atoms with Gasteiger partial charge in [-0.25, -0.2) is 18.6 Å². The van der Waals surface area contributed by atoms with Crippen LogP contribution in [0.4, 0.5) is 17.6 Å². The minimum absolute atomic E-state index is 0.00949. The lowest BCUT2D eigenvalue weighted by Crippen LogP contribution is -2.36. The fraction of sp³-hybridized carbons (Fsp3) is 0.400. The van der Waals surface area contributed by atoms with E-state index >= 15 is 0 Å². The van der Waals surface area contributed by atoms with Crippen LogP contribution in [0.25, 0.3) is 11.1 Å². The van der Waals surface area contributed by atoms with E-state index in [4.69, 9.17) is 9.47 Å². The van der Waals surface area contributed by atoms with Crippen LogP contribution in [-0.2, 0) is 15.9 Å². The zero-order chi connectivity index (χ0) is 21.1. The minimum atomic E-state index is -2.96. The Hall–Kier alpha value is -2.68. The summed E-state index contributed by atoms with van der Waals surface area (Å²) in [4.78, 5) is 16.3. The van der Waals surface area contributed by atoms with E-state index in [1.54, 1.807) is 6.92 Å². The summed E-state index contributed by atoms with van der Waals surface area (Å²) in [5.41, 5.74) is 0.724. The second-order valence-electron chi connectivity index (χ2n) is 6.48. The molecule has 1 aliphatic heterocycles. The molecule has 0 unspecified atom stereocenters. The number of benzene rings is 1. The van der Waals surface area contributed by atoms with Crippen molar-refractivity contribution in [3.8, 4) is 17.0 Å². The number of pyridine rings is 1. The average Bonchev–Trinajstić information content (AvgIpc) is 2.66. The Labute approximate surface area is 164 Å². The van der Waals surface area contributed by atoms with E-state index in [0.717, 1.165) is 12.1 Å². The molecule has 1 aromatic heterocycles. The molecule has 0 amide bonds. The average molecular weight is 413 g/mol. The lowest BCUT2D eigenvalue weighted by Gasteiger charge is -2.30. The van der Waals surface area contributed by atoms with E-state index < -0.39 is 36.4 Å². The van der Waals surface area contributed by atoms with Crippen molar-refractivity contribution in [2.75, 3.05) is 6.61 Å². The summed E-state index contributed by atoms with van der Waals surface area (Å²) >= 11 is 0. The van der Waals surface area contributed by atoms with Gasteiger partial charge in [-0.1, -0.05) is 0 Å². The highest BCUT2D eigenvalue weighted by Crippen LogP contribution is 2.37. The van der Waals surface area contributed by atoms with Gasteiger partial charge in [-0.15, -0.1) is 0 Å². The summed E-state index contributed by atoms with van der Waals surface area (Å²) in [6.07, 6.45) is -1.02. The first-order valence-electron chi connectivity index (χ1n) is 9.06. The Morgan fingerprint density at radius 1 is 1.28 bits per heavy atom. The van der Waals surface area contributed by atoms with Gasteiger partial charge in [-0.05, 0) is 50.5 Å². The van der Waals surface area contributed by atoms with Crippen molar-refractivity contribution in [1.82, 2.24) is 4.98 Å². The molecule has 156 valence electrons. The van der Waals surface area contributed by atoms with Gasteiger partial charge in [0.2, 0.25) is 5.88 Å². The summed E-state index contributed by atoms with van der Waals surface area (Å²) < 4.78 is 68.0. The van der Waals surface area contributed by atoms with Gasteiger partial charge in [0.25, 0.3) is 0 Å². The maximum atomic E-state index is 14.4. The second-order valence-corrected chi connectivity index (χ2v) is 6.48. The Morgan fingerprint density at radius 3 is 2.69 bits per heavy atom. The molecule has 2 atom stereocenters. The Kier molecular flexibility index (Phi) is 6.36. The van der Waals surface area contributed by atoms with Gasteiger partial charge in [0.05, 0.1) is 12.7 Å². The van der Waals surface area contributed by atoms with Crippen LogP contribution in [0.15, 0.2) is 24.3 Å². The van der Waals surface area contributed by atoms with Crippen molar-refractivity contribution in [1.29, 1.82) is 0 Å². The number of fused-ring (bicyclic) bond motifs is 1. The fourth-order valence-electron chi connectivity index (χ4n) is 3.21. The highest BCUT2D eigenvalue weighted by molar-refractivity contribution is 5.90. The summed E-state index contributed by atoms with van der Waals surface area (Å²) in [7, 11) is 0. The van der Waals surface area contributed by atoms with E-state index in [-0.39, 0.29) is 23.7 Å². The summed E-state index contributed by atoms with van der Waals surface area (Å²) in [5.74, 6) is -2.30. The first kappa shape index (κ1) is 21.0. The SMILES string of the molecule is CCOC(=O)c1cc(-c2ccc(F)cc2F)c2c(n1)O[C@H]([C@H](C)OC(F)F)CC2. The molecule has 1 aliphatic rings. The highest BCUT2D eigenvalue weighted by Gasteiger charge is 2.31. The first-order valence-corrected chi connectivity index (χ1v) is 9.06. The third kappa shape index (κ3) is 4.67. The molecule has 3 rings (SSSR count). The van der Waals surface area contributed by atoms with Crippen molar-refractivity contribution in [3.63, 3.8) is 0 Å². The van der Waals surface area contributed by atoms with Crippen LogP contribution in [0.2, 0.25) is 0 Å². The fourth-order valence-corrected chi connectivity index (χ4v) is 3.21.